The van der Waals surface area contributed by atoms with Crippen molar-refractivity contribution >= 4 is 175 Å². The van der Waals surface area contributed by atoms with Crippen LogP contribution in [0.5, 0.6) is 0 Å². The van der Waals surface area contributed by atoms with Gasteiger partial charge in [-0.2, -0.15) is 0 Å². The number of nitrogens with one attached hydrogen (secondary N) is 1. The molecule has 0 saturated carbocycles. The number of carbonyl (C=O) groups excluding carboxylic acids is 8. The van der Waals surface area contributed by atoms with Crippen molar-refractivity contribution in [3.05, 3.63) is 417 Å². The normalized spacial score (nSPS) is 17.2. The Hall–Kier alpha value is -17.1. The molecule has 0 aromatic heterocycles. The second kappa shape index (κ2) is 39.9. The molecule has 17 nitrogen and oxygen atoms in total. The van der Waals surface area contributed by atoms with E-state index in [4.69, 9.17) is 33.5 Å². The van der Waals surface area contributed by atoms with Gasteiger partial charge in [0.2, 0.25) is 13.9 Å². The molecule has 14 aromatic rings. The average Bonchev–Trinajstić information content (AvgIpc) is 1.55. The summed E-state index contributed by atoms with van der Waals surface area (Å²) in [5.41, 5.74) is 23.5. The van der Waals surface area contributed by atoms with E-state index < -0.39 is 63.0 Å². The van der Waals surface area contributed by atoms with Gasteiger partial charge in [0.05, 0.1) is 49.1 Å². The van der Waals surface area contributed by atoms with Gasteiger partial charge in [-0.05, 0) is 126 Å². The van der Waals surface area contributed by atoms with Crippen molar-refractivity contribution in [2.45, 2.75) is 57.3 Å². The van der Waals surface area contributed by atoms with Gasteiger partial charge in [0.1, 0.15) is 17.8 Å². The largest absolute Gasteiger partial charge is 0.449 e. The highest BCUT2D eigenvalue weighted by Crippen LogP contribution is 2.60. The first kappa shape index (κ1) is 94.5. The molecule has 1 heterocycles. The van der Waals surface area contributed by atoms with Crippen molar-refractivity contribution in [2.75, 3.05) is 53.0 Å². The van der Waals surface area contributed by atoms with E-state index in [-0.39, 0.29) is 97.1 Å². The number of allylic oxidation sites excluding steroid dienone is 12. The summed E-state index contributed by atoms with van der Waals surface area (Å²) in [5, 5.41) is 44.1. The van der Waals surface area contributed by atoms with Crippen LogP contribution in [-0.4, -0.2) is 158 Å². The number of likely N-dealkylation sites (N-methyl/N-ethyl adjacent to an activating group) is 1. The number of rotatable bonds is 21. The third kappa shape index (κ3) is 16.2. The third-order valence-electron chi connectivity index (χ3n) is 28.3. The second-order valence-corrected chi connectivity index (χ2v) is 40.8. The number of hydrogen-bond donors (Lipinski definition) is 4. The Morgan fingerprint density at radius 2 is 0.750 bits per heavy atom. The molecule has 1 saturated heterocycles. The predicted octanol–water partition coefficient (Wildman–Crippen LogP) is 17.9. The summed E-state index contributed by atoms with van der Waals surface area (Å²) in [5.74, 6) is 7.12. The highest BCUT2D eigenvalue weighted by Gasteiger charge is 2.50. The quantitative estimate of drug-likeness (QED) is 0.0226. The molecule has 18 heteroatoms. The van der Waals surface area contributed by atoms with E-state index in [0.29, 0.717) is 44.6 Å². The minimum atomic E-state index is -2.51. The fourth-order valence-corrected chi connectivity index (χ4v) is 25.8. The Morgan fingerprint density at radius 1 is 0.410 bits per heavy atom. The molecule has 8 aliphatic carbocycles. The monoisotopic (exact) mass is 1900 g/mol. The lowest BCUT2D eigenvalue weighted by Crippen LogP contribution is -2.60. The summed E-state index contributed by atoms with van der Waals surface area (Å²) in [6, 6.07) is 107. The van der Waals surface area contributed by atoms with Crippen LogP contribution in [-0.2, 0) is 52.6 Å². The highest BCUT2D eigenvalue weighted by atomic mass is 28.3. The van der Waals surface area contributed by atoms with Crippen molar-refractivity contribution in [1.29, 1.82) is 0 Å². The summed E-state index contributed by atoms with van der Waals surface area (Å²) in [4.78, 5) is 113. The van der Waals surface area contributed by atoms with Gasteiger partial charge in [-0.15, -0.1) is 30.7 Å². The van der Waals surface area contributed by atoms with Crippen molar-refractivity contribution in [2.24, 2.45) is 5.92 Å². The first-order valence-corrected chi connectivity index (χ1v) is 49.9. The lowest BCUT2D eigenvalue weighted by Gasteiger charge is -2.40. The topological polar surface area (TPSA) is 243 Å². The lowest BCUT2D eigenvalue weighted by molar-refractivity contribution is -0.287. The zero-order chi connectivity index (χ0) is 99.9. The molecule has 0 radical (unpaired) electrons. The van der Waals surface area contributed by atoms with Crippen LogP contribution in [0.15, 0.2) is 350 Å². The number of esters is 1. The zero-order valence-electron chi connectivity index (χ0n) is 79.3. The Morgan fingerprint density at radius 3 is 1.10 bits per heavy atom. The standard InChI is InChI=1S/C41H33NO2Si.C35H33NO7.C25H15NO2.C25H14O3/c1-28(2)45(31-20-9-5-10-21-31,32-22-11-6-12-23-32)27-15-26-42(3)41(44)39-38-34-25-14-19-29-18-13-24-33(35(29)34)37(38)36(40(39)43)30-16-7-4-8-17-30;1-3-4-16-36(17-18-42-35-32(39)20(2)31(38)25(19-37)43-35)34(41)30-29-24-15-9-13-21-12-8-14-23(26(21)24)28(29)27(33(30)40)22-10-6-5-7-11-22;1-2-14-26-25(28)23-22-18-13-7-11-15-10-6-12-17(19(15)18)21(22)20(24(23)27)16-8-4-3-5-9-16;1-2-14-28-25(27)23-22-18-13-7-11-15-10-6-12-17(19(15)18)21(22)20(24(23)26)16-8-4-3-5-9-16/h4-14,16-25,28H,26H2,1-3H3;1,5-15,20,25,31-32,35,37-39H,4,16-19H2,2H3;1,3-13H,14H2,(H,26,28);1,3-13H,14H2. The van der Waals surface area contributed by atoms with Crippen molar-refractivity contribution in [1.82, 2.24) is 15.1 Å². The molecule has 4 N–H and O–H groups in total. The molecule has 1 fully saturated rings. The zero-order valence-corrected chi connectivity index (χ0v) is 80.3. The third-order valence-corrected chi connectivity index (χ3v) is 33.1. The molecule has 0 bridgehead atoms. The highest BCUT2D eigenvalue weighted by molar-refractivity contribution is 7.09. The van der Waals surface area contributed by atoms with Crippen molar-refractivity contribution in [3.63, 3.8) is 0 Å². The molecule has 144 heavy (non-hydrogen) atoms. The van der Waals surface area contributed by atoms with Crippen LogP contribution < -0.4 is 15.7 Å². The summed E-state index contributed by atoms with van der Waals surface area (Å²) in [6.07, 6.45) is 12.2. The lowest BCUT2D eigenvalue weighted by atomic mass is 9.91. The van der Waals surface area contributed by atoms with Gasteiger partial charge < -0.3 is 44.6 Å². The van der Waals surface area contributed by atoms with Crippen LogP contribution in [0.1, 0.15) is 94.0 Å². The number of terminal acetylenes is 3. The molecule has 23 rings (SSSR count). The number of hydrogen-bond acceptors (Lipinski definition) is 14. The van der Waals surface area contributed by atoms with E-state index in [1.807, 2.05) is 261 Å². The summed E-state index contributed by atoms with van der Waals surface area (Å²) in [7, 11) is -0.755. The van der Waals surface area contributed by atoms with Gasteiger partial charge in [0.25, 0.3) is 17.7 Å². The Labute approximate surface area is 834 Å². The number of aliphatic hydroxyl groups is 3. The number of Topliss-reactive ketones (excluding diaryl/α,β-unsaturated/α-hetero) is 4. The summed E-state index contributed by atoms with van der Waals surface area (Å²) < 4.78 is 16.6. The number of benzene rings is 14. The smallest absolute Gasteiger partial charge is 0.343 e. The maximum atomic E-state index is 14.3. The minimum Gasteiger partial charge on any atom is -0.449 e. The predicted molar refractivity (Wildman–Crippen MR) is 569 cm³/mol. The molecule has 5 atom stereocenters. The molecule has 702 valence electrons. The van der Waals surface area contributed by atoms with Gasteiger partial charge >= 0.3 is 5.97 Å². The van der Waals surface area contributed by atoms with Gasteiger partial charge in [-0.25, -0.2) is 4.79 Å². The minimum absolute atomic E-state index is 0.0303. The van der Waals surface area contributed by atoms with Crippen LogP contribution in [0.4, 0.5) is 0 Å². The van der Waals surface area contributed by atoms with E-state index in [1.165, 1.54) is 15.3 Å². The van der Waals surface area contributed by atoms with E-state index >= 15 is 0 Å². The number of carbonyl (C=O) groups is 8. The number of nitrogens with zero attached hydrogens (tertiary/aromatic N) is 2. The van der Waals surface area contributed by atoms with Crippen LogP contribution in [0, 0.1) is 54.4 Å². The van der Waals surface area contributed by atoms with Gasteiger partial charge in [0, 0.05) is 99.4 Å². The van der Waals surface area contributed by atoms with Crippen LogP contribution in [0.25, 0.3) is 110 Å². The molecule has 1 aliphatic heterocycles. The number of ether oxygens (including phenoxy) is 3. The number of aliphatic hydroxyl groups excluding tert-OH is 3. The molecule has 3 amide bonds. The fraction of sp³-hybridized carbons (Fsp3) is 0.143. The van der Waals surface area contributed by atoms with Crippen molar-refractivity contribution in [3.8, 4) is 48.5 Å². The molecule has 5 unspecified atom stereocenters. The molecular weight excluding hydrogens is 1810 g/mol. The molecule has 0 spiro atoms. The summed E-state index contributed by atoms with van der Waals surface area (Å²) >= 11 is 0. The Balaban J connectivity index is 0.000000120. The van der Waals surface area contributed by atoms with E-state index in [1.54, 1.807) is 18.9 Å². The first-order chi connectivity index (χ1) is 70.2. The van der Waals surface area contributed by atoms with Crippen LogP contribution in [0.2, 0.25) is 5.54 Å². The maximum absolute atomic E-state index is 14.3. The van der Waals surface area contributed by atoms with E-state index in [9.17, 15) is 53.7 Å². The Kier molecular flexibility index (Phi) is 26.1. The van der Waals surface area contributed by atoms with Gasteiger partial charge in [-0.1, -0.05) is 366 Å². The number of ketones is 4. The van der Waals surface area contributed by atoms with E-state index in [0.717, 1.165) is 138 Å². The molecular formula is C126H95N3O14Si. The fourth-order valence-electron chi connectivity index (χ4n) is 21.8. The van der Waals surface area contributed by atoms with Crippen molar-refractivity contribution < 1.29 is 67.9 Å². The van der Waals surface area contributed by atoms with Crippen LogP contribution >= 0.6 is 0 Å². The molecule has 14 aromatic carbocycles. The van der Waals surface area contributed by atoms with E-state index in [2.05, 4.69) is 115 Å². The SMILES string of the molecule is C#CCCN(CCOC1OC(CO)C(O)C(C)C1O)C(=O)C1=C2C(=C(c3ccccc3)C1=O)c1cccc3cccc2c13.C#CCNC(=O)C1=C2C(=C(c3ccccc3)C1=O)c1cccc3cccc2c13.C#CCOC(=O)C1=C2C(=C(c3ccccc3)C1=O)c1cccc3cccc2c13.CC(C)[Si](C#CCN(C)C(=O)C1=C2C(=C(c3ccccc3)C1=O)c1cccc3cccc2c13)(c1ccccc1)c1ccccc1. The Bertz CT molecular complexity index is 8010. The van der Waals surface area contributed by atoms with Gasteiger partial charge in [0.15, 0.2) is 30.2 Å². The second-order valence-electron chi connectivity index (χ2n) is 36.6. The first-order valence-electron chi connectivity index (χ1n) is 47.9. The number of fused-ring (bicyclic) bond motifs is 12. The van der Waals surface area contributed by atoms with Crippen LogP contribution in [0.3, 0.4) is 0 Å². The maximum Gasteiger partial charge on any atom is 0.343 e. The average molecular weight is 1900 g/mol. The van der Waals surface area contributed by atoms with Gasteiger partial charge in [-0.3, -0.25) is 33.6 Å². The number of amides is 3. The molecule has 9 aliphatic rings. The summed E-state index contributed by atoms with van der Waals surface area (Å²) in [6.45, 7) is 6.07.